The molecule has 0 atom stereocenters. The van der Waals surface area contributed by atoms with Crippen LogP contribution in [0.1, 0.15) is 43.2 Å². The molecular weight excluding hydrogens is 368 g/mol. The van der Waals surface area contributed by atoms with Crippen LogP contribution in [-0.4, -0.2) is 68.2 Å². The van der Waals surface area contributed by atoms with Crippen molar-refractivity contribution in [3.05, 3.63) is 41.1 Å². The molecule has 0 unspecified atom stereocenters. The highest BCUT2D eigenvalue weighted by molar-refractivity contribution is 6.35. The van der Waals surface area contributed by atoms with E-state index in [1.54, 1.807) is 14.2 Å². The Kier molecular flexibility index (Phi) is 7.45. The smallest absolute Gasteiger partial charge is 0.278 e. The first-order valence-corrected chi connectivity index (χ1v) is 10.5. The molecule has 0 aromatic heterocycles. The van der Waals surface area contributed by atoms with Gasteiger partial charge in [-0.1, -0.05) is 49.1 Å². The molecule has 1 saturated carbocycles. The molecule has 1 aliphatic heterocycles. The van der Waals surface area contributed by atoms with E-state index in [4.69, 9.17) is 9.47 Å². The molecule has 0 bridgehead atoms. The third-order valence-corrected chi connectivity index (χ3v) is 5.82. The van der Waals surface area contributed by atoms with Crippen LogP contribution in [0.25, 0.3) is 5.57 Å². The molecule has 0 radical (unpaired) electrons. The van der Waals surface area contributed by atoms with Gasteiger partial charge in [-0.15, -0.1) is 0 Å². The van der Waals surface area contributed by atoms with E-state index in [1.807, 2.05) is 36.1 Å². The molecule has 3 rings (SSSR count). The zero-order chi connectivity index (χ0) is 20.8. The molecule has 6 heteroatoms. The standard InChI is InChI=1S/C23H32N2O4/c1-17-9-11-18(12-10-17)20-21(24(13-15-28-2)14-16-29-3)23(27)25(22(20)26)19-7-5-4-6-8-19/h9-12,19H,4-8,13-16H2,1-3H3. The Morgan fingerprint density at radius 3 is 2.07 bits per heavy atom. The third kappa shape index (κ3) is 4.70. The van der Waals surface area contributed by atoms with Crippen molar-refractivity contribution < 1.29 is 19.1 Å². The molecule has 1 aromatic carbocycles. The van der Waals surface area contributed by atoms with Crippen LogP contribution >= 0.6 is 0 Å². The Morgan fingerprint density at radius 2 is 1.52 bits per heavy atom. The Balaban J connectivity index is 2.03. The quantitative estimate of drug-likeness (QED) is 0.597. The van der Waals surface area contributed by atoms with Gasteiger partial charge in [0.25, 0.3) is 11.8 Å². The molecular formula is C23H32N2O4. The summed E-state index contributed by atoms with van der Waals surface area (Å²) in [6.45, 7) is 4.02. The molecule has 1 aromatic rings. The van der Waals surface area contributed by atoms with E-state index in [0.29, 0.717) is 37.6 Å². The van der Waals surface area contributed by atoms with Crippen LogP contribution < -0.4 is 0 Å². The van der Waals surface area contributed by atoms with E-state index in [0.717, 1.165) is 36.8 Å². The largest absolute Gasteiger partial charge is 0.383 e. The average Bonchev–Trinajstić information content (AvgIpc) is 2.99. The molecule has 2 aliphatic rings. The normalized spacial score (nSPS) is 18.1. The number of methoxy groups -OCH3 is 2. The predicted molar refractivity (Wildman–Crippen MR) is 112 cm³/mol. The lowest BCUT2D eigenvalue weighted by Gasteiger charge is -2.31. The van der Waals surface area contributed by atoms with Gasteiger partial charge in [0.2, 0.25) is 0 Å². The number of carbonyl (C=O) groups excluding carboxylic acids is 2. The summed E-state index contributed by atoms with van der Waals surface area (Å²) in [5, 5.41) is 0. The SMILES string of the molecule is COCCN(CCOC)C1=C(c2ccc(C)cc2)C(=O)N(C2CCCCC2)C1=O. The maximum atomic E-state index is 13.6. The highest BCUT2D eigenvalue weighted by atomic mass is 16.5. The second-order valence-electron chi connectivity index (χ2n) is 7.83. The number of hydrogen-bond acceptors (Lipinski definition) is 5. The van der Waals surface area contributed by atoms with E-state index in [-0.39, 0.29) is 17.9 Å². The van der Waals surface area contributed by atoms with Gasteiger partial charge in [-0.05, 0) is 25.3 Å². The van der Waals surface area contributed by atoms with Crippen LogP contribution in [0.4, 0.5) is 0 Å². The van der Waals surface area contributed by atoms with Crippen LogP contribution in [-0.2, 0) is 19.1 Å². The van der Waals surface area contributed by atoms with Gasteiger partial charge in [0.1, 0.15) is 5.70 Å². The second kappa shape index (κ2) is 10.0. The van der Waals surface area contributed by atoms with Gasteiger partial charge in [-0.2, -0.15) is 0 Å². The first-order chi connectivity index (χ1) is 14.1. The molecule has 1 fully saturated rings. The minimum absolute atomic E-state index is 0.00611. The molecule has 29 heavy (non-hydrogen) atoms. The van der Waals surface area contributed by atoms with Gasteiger partial charge in [-0.3, -0.25) is 14.5 Å². The van der Waals surface area contributed by atoms with Crippen molar-refractivity contribution in [3.63, 3.8) is 0 Å². The summed E-state index contributed by atoms with van der Waals surface area (Å²) in [5.74, 6) is -0.342. The topological polar surface area (TPSA) is 59.1 Å². The first kappa shape index (κ1) is 21.5. The molecule has 1 heterocycles. The van der Waals surface area contributed by atoms with E-state index in [1.165, 1.54) is 11.3 Å². The maximum Gasteiger partial charge on any atom is 0.278 e. The van der Waals surface area contributed by atoms with Crippen LogP contribution in [0.2, 0.25) is 0 Å². The van der Waals surface area contributed by atoms with Crippen LogP contribution in [0.3, 0.4) is 0 Å². The Labute approximate surface area is 173 Å². The van der Waals surface area contributed by atoms with Gasteiger partial charge in [0.05, 0.1) is 18.8 Å². The Morgan fingerprint density at radius 1 is 0.931 bits per heavy atom. The summed E-state index contributed by atoms with van der Waals surface area (Å²) in [6, 6.07) is 7.83. The molecule has 0 saturated heterocycles. The summed E-state index contributed by atoms with van der Waals surface area (Å²) >= 11 is 0. The fourth-order valence-electron chi connectivity index (χ4n) is 4.22. The summed E-state index contributed by atoms with van der Waals surface area (Å²) in [6.07, 6.45) is 5.08. The van der Waals surface area contributed by atoms with E-state index >= 15 is 0 Å². The van der Waals surface area contributed by atoms with Crippen molar-refractivity contribution in [1.82, 2.24) is 9.80 Å². The highest BCUT2D eigenvalue weighted by Crippen LogP contribution is 2.36. The van der Waals surface area contributed by atoms with Gasteiger partial charge in [-0.25, -0.2) is 0 Å². The second-order valence-corrected chi connectivity index (χ2v) is 7.83. The lowest BCUT2D eigenvalue weighted by atomic mass is 9.94. The fourth-order valence-corrected chi connectivity index (χ4v) is 4.22. The summed E-state index contributed by atoms with van der Waals surface area (Å²) in [4.78, 5) is 30.6. The van der Waals surface area contributed by atoms with Crippen molar-refractivity contribution in [3.8, 4) is 0 Å². The number of benzene rings is 1. The number of hydrogen-bond donors (Lipinski definition) is 0. The van der Waals surface area contributed by atoms with Crippen LogP contribution in [0.15, 0.2) is 30.0 Å². The van der Waals surface area contributed by atoms with Gasteiger partial charge in [0.15, 0.2) is 0 Å². The molecule has 158 valence electrons. The lowest BCUT2D eigenvalue weighted by molar-refractivity contribution is -0.141. The van der Waals surface area contributed by atoms with E-state index < -0.39 is 0 Å². The van der Waals surface area contributed by atoms with Crippen molar-refractivity contribution in [2.45, 2.75) is 45.1 Å². The van der Waals surface area contributed by atoms with Crippen LogP contribution in [0, 0.1) is 6.92 Å². The monoisotopic (exact) mass is 400 g/mol. The number of amides is 2. The lowest BCUT2D eigenvalue weighted by Crippen LogP contribution is -2.44. The van der Waals surface area contributed by atoms with Crippen molar-refractivity contribution in [2.24, 2.45) is 0 Å². The first-order valence-electron chi connectivity index (χ1n) is 10.5. The zero-order valence-corrected chi connectivity index (χ0v) is 17.8. The Bertz CT molecular complexity index is 743. The maximum absolute atomic E-state index is 13.6. The number of carbonyl (C=O) groups is 2. The molecule has 2 amide bonds. The minimum Gasteiger partial charge on any atom is -0.383 e. The van der Waals surface area contributed by atoms with Crippen molar-refractivity contribution in [2.75, 3.05) is 40.5 Å². The molecule has 6 nitrogen and oxygen atoms in total. The summed E-state index contributed by atoms with van der Waals surface area (Å²) in [5.41, 5.74) is 2.90. The average molecular weight is 401 g/mol. The fraction of sp³-hybridized carbons (Fsp3) is 0.565. The summed E-state index contributed by atoms with van der Waals surface area (Å²) < 4.78 is 10.5. The van der Waals surface area contributed by atoms with E-state index in [2.05, 4.69) is 0 Å². The number of rotatable bonds is 9. The Hall–Kier alpha value is -2.18. The minimum atomic E-state index is -0.176. The number of nitrogens with zero attached hydrogens (tertiary/aromatic N) is 2. The molecule has 0 N–H and O–H groups in total. The van der Waals surface area contributed by atoms with E-state index in [9.17, 15) is 9.59 Å². The van der Waals surface area contributed by atoms with Crippen LogP contribution in [0.5, 0.6) is 0 Å². The van der Waals surface area contributed by atoms with Crippen molar-refractivity contribution >= 4 is 17.4 Å². The molecule has 1 aliphatic carbocycles. The predicted octanol–water partition coefficient (Wildman–Crippen LogP) is 3.00. The highest BCUT2D eigenvalue weighted by Gasteiger charge is 2.44. The summed E-state index contributed by atoms with van der Waals surface area (Å²) in [7, 11) is 3.28. The molecule has 0 spiro atoms. The number of imide groups is 1. The zero-order valence-electron chi connectivity index (χ0n) is 17.8. The number of ether oxygens (including phenoxy) is 2. The van der Waals surface area contributed by atoms with Crippen molar-refractivity contribution in [1.29, 1.82) is 0 Å². The number of aryl methyl sites for hydroxylation is 1. The third-order valence-electron chi connectivity index (χ3n) is 5.82. The van der Waals surface area contributed by atoms with Gasteiger partial charge in [0, 0.05) is 33.4 Å². The van der Waals surface area contributed by atoms with Gasteiger partial charge >= 0.3 is 0 Å². The van der Waals surface area contributed by atoms with Gasteiger partial charge < -0.3 is 14.4 Å².